The van der Waals surface area contributed by atoms with Crippen LogP contribution >= 0.6 is 11.3 Å². The molecule has 7 heteroatoms. The first-order valence-corrected chi connectivity index (χ1v) is 10.2. The van der Waals surface area contributed by atoms with Gasteiger partial charge in [0.05, 0.1) is 10.9 Å². The Morgan fingerprint density at radius 2 is 1.79 bits per heavy atom. The highest BCUT2D eigenvalue weighted by atomic mass is 32.2. The summed E-state index contributed by atoms with van der Waals surface area (Å²) >= 11 is 1.03. The average molecular weight is 364 g/mol. The van der Waals surface area contributed by atoms with Crippen molar-refractivity contribution in [2.75, 3.05) is 13.1 Å². The lowest BCUT2D eigenvalue weighted by Crippen LogP contribution is -2.27. The summed E-state index contributed by atoms with van der Waals surface area (Å²) in [5.41, 5.74) is 1.01. The Morgan fingerprint density at radius 3 is 2.46 bits per heavy atom. The summed E-state index contributed by atoms with van der Waals surface area (Å²) in [4.78, 5) is 12.8. The maximum Gasteiger partial charge on any atom is 0.261 e. The number of carbonyl (C=O) groups excluding carboxylic acids is 1. The number of amides is 1. The highest BCUT2D eigenvalue weighted by Crippen LogP contribution is 2.27. The van der Waals surface area contributed by atoms with Crippen molar-refractivity contribution in [2.24, 2.45) is 0 Å². The van der Waals surface area contributed by atoms with Crippen molar-refractivity contribution < 1.29 is 13.2 Å². The van der Waals surface area contributed by atoms with Gasteiger partial charge in [-0.1, -0.05) is 30.3 Å². The lowest BCUT2D eigenvalue weighted by atomic mass is 10.1. The summed E-state index contributed by atoms with van der Waals surface area (Å²) in [7, 11) is -3.46. The lowest BCUT2D eigenvalue weighted by Gasteiger charge is -2.14. The van der Waals surface area contributed by atoms with Crippen molar-refractivity contribution in [1.82, 2.24) is 9.62 Å². The molecule has 2 heterocycles. The van der Waals surface area contributed by atoms with Crippen LogP contribution in [0.1, 0.15) is 41.0 Å². The second kappa shape index (κ2) is 7.04. The van der Waals surface area contributed by atoms with Gasteiger partial charge < -0.3 is 5.32 Å². The smallest absolute Gasteiger partial charge is 0.261 e. The van der Waals surface area contributed by atoms with Gasteiger partial charge in [0, 0.05) is 13.1 Å². The zero-order chi connectivity index (χ0) is 17.2. The second-order valence-electron chi connectivity index (χ2n) is 5.84. The lowest BCUT2D eigenvalue weighted by molar-refractivity contribution is 0.0944. The minimum absolute atomic E-state index is 0.139. The Kier molecular flexibility index (Phi) is 5.03. The molecule has 1 aromatic carbocycles. The van der Waals surface area contributed by atoms with Gasteiger partial charge in [-0.3, -0.25) is 4.79 Å². The number of nitrogens with one attached hydrogen (secondary N) is 1. The molecule has 1 aromatic heterocycles. The van der Waals surface area contributed by atoms with Crippen molar-refractivity contribution in [3.63, 3.8) is 0 Å². The fraction of sp³-hybridized carbons (Fsp3) is 0.353. The van der Waals surface area contributed by atoms with Crippen LogP contribution in [0.15, 0.2) is 46.7 Å². The predicted octanol–water partition coefficient (Wildman–Crippen LogP) is 3.02. The summed E-state index contributed by atoms with van der Waals surface area (Å²) in [6.45, 7) is 3.03. The van der Waals surface area contributed by atoms with E-state index in [0.717, 1.165) is 29.7 Å². The van der Waals surface area contributed by atoms with Gasteiger partial charge in [-0.2, -0.15) is 4.31 Å². The molecule has 3 rings (SSSR count). The van der Waals surface area contributed by atoms with Crippen LogP contribution in [0.2, 0.25) is 0 Å². The molecule has 1 aliphatic heterocycles. The number of rotatable bonds is 5. The largest absolute Gasteiger partial charge is 0.345 e. The highest BCUT2D eigenvalue weighted by molar-refractivity contribution is 7.91. The summed E-state index contributed by atoms with van der Waals surface area (Å²) in [6.07, 6.45) is 1.79. The summed E-state index contributed by atoms with van der Waals surface area (Å²) < 4.78 is 26.8. The number of carbonyl (C=O) groups is 1. The first kappa shape index (κ1) is 17.1. The molecular formula is C17H20N2O3S2. The predicted molar refractivity (Wildman–Crippen MR) is 94.6 cm³/mol. The second-order valence-corrected chi connectivity index (χ2v) is 9.08. The Morgan fingerprint density at radius 1 is 1.12 bits per heavy atom. The maximum atomic E-state index is 12.5. The quantitative estimate of drug-likeness (QED) is 0.887. The van der Waals surface area contributed by atoms with E-state index in [9.17, 15) is 13.2 Å². The SMILES string of the molecule is C[C@@H](NC(=O)c1ccc(S(=O)(=O)N2CCCC2)s1)c1ccccc1. The first-order chi connectivity index (χ1) is 11.5. The van der Waals surface area contributed by atoms with Crippen LogP contribution in [-0.2, 0) is 10.0 Å². The van der Waals surface area contributed by atoms with E-state index < -0.39 is 10.0 Å². The molecule has 0 spiro atoms. The van der Waals surface area contributed by atoms with Crippen molar-refractivity contribution in [1.29, 1.82) is 0 Å². The molecule has 24 heavy (non-hydrogen) atoms. The Balaban J connectivity index is 1.72. The van der Waals surface area contributed by atoms with Crippen molar-refractivity contribution in [3.8, 4) is 0 Å². The normalized spacial score (nSPS) is 16.9. The van der Waals surface area contributed by atoms with E-state index in [-0.39, 0.29) is 16.2 Å². The van der Waals surface area contributed by atoms with E-state index >= 15 is 0 Å². The average Bonchev–Trinajstić information content (AvgIpc) is 3.27. The molecule has 0 saturated carbocycles. The number of sulfonamides is 1. The Hall–Kier alpha value is -1.70. The third-order valence-electron chi connectivity index (χ3n) is 4.11. The van der Waals surface area contributed by atoms with Gasteiger partial charge in [-0.05, 0) is 37.5 Å². The molecule has 0 radical (unpaired) electrons. The molecule has 0 unspecified atom stereocenters. The molecule has 1 saturated heterocycles. The maximum absolute atomic E-state index is 12.5. The van der Waals surface area contributed by atoms with E-state index in [0.29, 0.717) is 18.0 Å². The van der Waals surface area contributed by atoms with E-state index in [1.54, 1.807) is 6.07 Å². The number of hydrogen-bond donors (Lipinski definition) is 1. The van der Waals surface area contributed by atoms with E-state index in [2.05, 4.69) is 5.32 Å². The van der Waals surface area contributed by atoms with Gasteiger partial charge in [0.15, 0.2) is 0 Å². The zero-order valence-electron chi connectivity index (χ0n) is 13.4. The van der Waals surface area contributed by atoms with Crippen LogP contribution < -0.4 is 5.32 Å². The van der Waals surface area contributed by atoms with Gasteiger partial charge in [0.2, 0.25) is 0 Å². The van der Waals surface area contributed by atoms with Gasteiger partial charge in [0.25, 0.3) is 15.9 Å². The molecule has 5 nitrogen and oxygen atoms in total. The number of hydrogen-bond acceptors (Lipinski definition) is 4. The van der Waals surface area contributed by atoms with Crippen LogP contribution in [-0.4, -0.2) is 31.7 Å². The monoisotopic (exact) mass is 364 g/mol. The van der Waals surface area contributed by atoms with E-state index in [1.165, 1.54) is 10.4 Å². The molecule has 128 valence electrons. The molecule has 1 atom stereocenters. The van der Waals surface area contributed by atoms with Crippen LogP contribution in [0.25, 0.3) is 0 Å². The van der Waals surface area contributed by atoms with Crippen molar-refractivity contribution in [3.05, 3.63) is 52.9 Å². The first-order valence-electron chi connectivity index (χ1n) is 7.94. The summed E-state index contributed by atoms with van der Waals surface area (Å²) in [5.74, 6) is -0.251. The van der Waals surface area contributed by atoms with Crippen LogP contribution in [0.3, 0.4) is 0 Å². The van der Waals surface area contributed by atoms with Gasteiger partial charge in [0.1, 0.15) is 4.21 Å². The molecule has 1 aliphatic rings. The fourth-order valence-electron chi connectivity index (χ4n) is 2.73. The molecule has 1 fully saturated rings. The molecule has 1 N–H and O–H groups in total. The van der Waals surface area contributed by atoms with Gasteiger partial charge in [-0.25, -0.2) is 8.42 Å². The van der Waals surface area contributed by atoms with Crippen molar-refractivity contribution in [2.45, 2.75) is 30.0 Å². The third kappa shape index (κ3) is 3.53. The Bertz CT molecular complexity index is 809. The fourth-order valence-corrected chi connectivity index (χ4v) is 5.61. The minimum atomic E-state index is -3.46. The van der Waals surface area contributed by atoms with Crippen molar-refractivity contribution >= 4 is 27.3 Å². The van der Waals surface area contributed by atoms with Crippen LogP contribution in [0.4, 0.5) is 0 Å². The number of nitrogens with zero attached hydrogens (tertiary/aromatic N) is 1. The standard InChI is InChI=1S/C17H20N2O3S2/c1-13(14-7-3-2-4-8-14)18-17(20)15-9-10-16(23-15)24(21,22)19-11-5-6-12-19/h2-4,7-10,13H,5-6,11-12H2,1H3,(H,18,20)/t13-/m1/s1. The summed E-state index contributed by atoms with van der Waals surface area (Å²) in [6, 6.07) is 12.6. The van der Waals surface area contributed by atoms with E-state index in [1.807, 2.05) is 37.3 Å². The number of benzene rings is 1. The van der Waals surface area contributed by atoms with Crippen LogP contribution in [0, 0.1) is 0 Å². The summed E-state index contributed by atoms with van der Waals surface area (Å²) in [5, 5.41) is 2.91. The zero-order valence-corrected chi connectivity index (χ0v) is 15.1. The molecule has 2 aromatic rings. The molecule has 1 amide bonds. The molecular weight excluding hydrogens is 344 g/mol. The third-order valence-corrected chi connectivity index (χ3v) is 7.56. The Labute approximate surface area is 146 Å². The van der Waals surface area contributed by atoms with Gasteiger partial charge in [-0.15, -0.1) is 11.3 Å². The number of thiophene rings is 1. The topological polar surface area (TPSA) is 66.5 Å². The highest BCUT2D eigenvalue weighted by Gasteiger charge is 2.29. The minimum Gasteiger partial charge on any atom is -0.345 e. The molecule has 0 bridgehead atoms. The van der Waals surface area contributed by atoms with Gasteiger partial charge >= 0.3 is 0 Å². The van der Waals surface area contributed by atoms with Crippen LogP contribution in [0.5, 0.6) is 0 Å². The molecule has 0 aliphatic carbocycles. The van der Waals surface area contributed by atoms with E-state index in [4.69, 9.17) is 0 Å².